The summed E-state index contributed by atoms with van der Waals surface area (Å²) in [5.41, 5.74) is 0.443. The lowest BCUT2D eigenvalue weighted by Gasteiger charge is -2.34. The number of aromatic nitrogens is 1. The normalized spacial score (nSPS) is 19.0. The van der Waals surface area contributed by atoms with Gasteiger partial charge < -0.3 is 9.52 Å². The van der Waals surface area contributed by atoms with Crippen LogP contribution < -0.4 is 0 Å². The fourth-order valence-corrected chi connectivity index (χ4v) is 1.77. The summed E-state index contributed by atoms with van der Waals surface area (Å²) >= 11 is 0. The molecule has 0 aliphatic heterocycles. The van der Waals surface area contributed by atoms with E-state index in [1.165, 1.54) is 6.42 Å². The van der Waals surface area contributed by atoms with Crippen molar-refractivity contribution in [2.45, 2.75) is 38.5 Å². The van der Waals surface area contributed by atoms with Crippen LogP contribution in [0.1, 0.15) is 48.3 Å². The van der Waals surface area contributed by atoms with E-state index in [2.05, 4.69) is 11.9 Å². The van der Waals surface area contributed by atoms with Crippen LogP contribution in [0.15, 0.2) is 4.42 Å². The van der Waals surface area contributed by atoms with E-state index in [0.717, 1.165) is 12.8 Å². The number of nitrogens with zero attached hydrogens (tertiary/aromatic N) is 1. The summed E-state index contributed by atoms with van der Waals surface area (Å²) in [6.45, 7) is 3.73. The molecule has 2 rings (SSSR count). The Labute approximate surface area is 81.9 Å². The Morgan fingerprint density at radius 1 is 1.57 bits per heavy atom. The van der Waals surface area contributed by atoms with Crippen LogP contribution in [-0.4, -0.2) is 16.1 Å². The van der Waals surface area contributed by atoms with Crippen molar-refractivity contribution in [3.05, 3.63) is 17.3 Å². The van der Waals surface area contributed by atoms with Gasteiger partial charge in [-0.25, -0.2) is 9.78 Å². The minimum Gasteiger partial charge on any atom is -0.475 e. The van der Waals surface area contributed by atoms with Gasteiger partial charge in [-0.05, 0) is 19.8 Å². The fraction of sp³-hybridized carbons (Fsp3) is 0.600. The van der Waals surface area contributed by atoms with E-state index in [4.69, 9.17) is 9.52 Å². The molecule has 4 heteroatoms. The molecule has 0 radical (unpaired) electrons. The van der Waals surface area contributed by atoms with E-state index in [1.54, 1.807) is 6.92 Å². The number of carboxylic acids is 1. The zero-order chi connectivity index (χ0) is 10.3. The molecule has 0 aromatic carbocycles. The van der Waals surface area contributed by atoms with Crippen molar-refractivity contribution in [3.63, 3.8) is 0 Å². The van der Waals surface area contributed by atoms with Gasteiger partial charge in [-0.2, -0.15) is 0 Å². The highest BCUT2D eigenvalue weighted by atomic mass is 16.4. The summed E-state index contributed by atoms with van der Waals surface area (Å²) in [5.74, 6) is -0.476. The van der Waals surface area contributed by atoms with E-state index in [-0.39, 0.29) is 11.2 Å². The second-order valence-electron chi connectivity index (χ2n) is 4.15. The summed E-state index contributed by atoms with van der Waals surface area (Å²) in [6.07, 6.45) is 3.23. The predicted molar refractivity (Wildman–Crippen MR) is 49.4 cm³/mol. The van der Waals surface area contributed by atoms with E-state index in [9.17, 15) is 4.79 Å². The first-order valence-corrected chi connectivity index (χ1v) is 4.74. The van der Waals surface area contributed by atoms with Crippen LogP contribution in [0, 0.1) is 6.92 Å². The van der Waals surface area contributed by atoms with Gasteiger partial charge in [0.05, 0.1) is 5.69 Å². The lowest BCUT2D eigenvalue weighted by molar-refractivity contribution is 0.0653. The first kappa shape index (κ1) is 9.24. The summed E-state index contributed by atoms with van der Waals surface area (Å²) in [7, 11) is 0. The van der Waals surface area contributed by atoms with Crippen molar-refractivity contribution >= 4 is 5.97 Å². The molecule has 0 bridgehead atoms. The van der Waals surface area contributed by atoms with Gasteiger partial charge in [0, 0.05) is 5.41 Å². The van der Waals surface area contributed by atoms with Crippen molar-refractivity contribution in [2.75, 3.05) is 0 Å². The second kappa shape index (κ2) is 2.83. The van der Waals surface area contributed by atoms with E-state index < -0.39 is 5.97 Å². The lowest BCUT2D eigenvalue weighted by Crippen LogP contribution is -2.30. The molecule has 0 spiro atoms. The van der Waals surface area contributed by atoms with Gasteiger partial charge >= 0.3 is 5.97 Å². The summed E-state index contributed by atoms with van der Waals surface area (Å²) in [5, 5.41) is 8.80. The molecular weight excluding hydrogens is 182 g/mol. The van der Waals surface area contributed by atoms with Gasteiger partial charge in [-0.1, -0.05) is 13.3 Å². The Kier molecular flexibility index (Phi) is 1.87. The number of rotatable bonds is 2. The van der Waals surface area contributed by atoms with Crippen molar-refractivity contribution in [1.82, 2.24) is 4.98 Å². The number of oxazole rings is 1. The lowest BCUT2D eigenvalue weighted by atomic mass is 9.70. The molecule has 1 aliphatic carbocycles. The van der Waals surface area contributed by atoms with E-state index >= 15 is 0 Å². The van der Waals surface area contributed by atoms with Crippen LogP contribution >= 0.6 is 0 Å². The zero-order valence-electron chi connectivity index (χ0n) is 8.33. The van der Waals surface area contributed by atoms with Crippen molar-refractivity contribution in [1.29, 1.82) is 0 Å². The fourth-order valence-electron chi connectivity index (χ4n) is 1.77. The number of carboxylic acid groups (broad SMARTS) is 1. The number of hydrogen-bond donors (Lipinski definition) is 1. The molecule has 76 valence electrons. The SMILES string of the molecule is Cc1nc(C2(C)CCC2)oc1C(=O)O. The molecule has 1 N–H and O–H groups in total. The summed E-state index contributed by atoms with van der Waals surface area (Å²) in [4.78, 5) is 14.9. The van der Waals surface area contributed by atoms with Gasteiger partial charge in [0.2, 0.25) is 11.7 Å². The molecule has 0 unspecified atom stereocenters. The molecule has 1 heterocycles. The monoisotopic (exact) mass is 195 g/mol. The maximum Gasteiger partial charge on any atom is 0.373 e. The van der Waals surface area contributed by atoms with Gasteiger partial charge in [0.15, 0.2) is 0 Å². The minimum atomic E-state index is -1.04. The molecule has 4 nitrogen and oxygen atoms in total. The van der Waals surface area contributed by atoms with Crippen LogP contribution in [0.25, 0.3) is 0 Å². The number of hydrogen-bond acceptors (Lipinski definition) is 3. The number of carbonyl (C=O) groups is 1. The Morgan fingerprint density at radius 2 is 2.21 bits per heavy atom. The highest BCUT2D eigenvalue weighted by Crippen LogP contribution is 2.43. The topological polar surface area (TPSA) is 63.3 Å². The molecule has 1 fully saturated rings. The maximum atomic E-state index is 10.7. The molecule has 0 atom stereocenters. The first-order valence-electron chi connectivity index (χ1n) is 4.74. The van der Waals surface area contributed by atoms with Gasteiger partial charge in [0.25, 0.3) is 0 Å². The molecule has 1 saturated carbocycles. The molecule has 1 aliphatic rings. The zero-order valence-corrected chi connectivity index (χ0v) is 8.33. The standard InChI is InChI=1S/C10H13NO3/c1-6-7(8(12)13)14-9(11-6)10(2)4-3-5-10/h3-5H2,1-2H3,(H,12,13). The molecule has 1 aromatic rings. The van der Waals surface area contributed by atoms with Gasteiger partial charge in [-0.15, -0.1) is 0 Å². The van der Waals surface area contributed by atoms with Crippen LogP contribution in [-0.2, 0) is 5.41 Å². The first-order chi connectivity index (χ1) is 6.53. The summed E-state index contributed by atoms with van der Waals surface area (Å²) in [6, 6.07) is 0. The third-order valence-electron chi connectivity index (χ3n) is 2.96. The quantitative estimate of drug-likeness (QED) is 0.785. The molecule has 1 aromatic heterocycles. The molecule has 14 heavy (non-hydrogen) atoms. The third kappa shape index (κ3) is 1.22. The minimum absolute atomic E-state index is 0.0203. The van der Waals surface area contributed by atoms with Crippen molar-refractivity contribution in [2.24, 2.45) is 0 Å². The van der Waals surface area contributed by atoms with Crippen LogP contribution in [0.2, 0.25) is 0 Å². The Morgan fingerprint density at radius 3 is 2.57 bits per heavy atom. The van der Waals surface area contributed by atoms with E-state index in [1.807, 2.05) is 0 Å². The van der Waals surface area contributed by atoms with E-state index in [0.29, 0.717) is 11.6 Å². The Balaban J connectivity index is 2.37. The van der Waals surface area contributed by atoms with Crippen molar-refractivity contribution in [3.8, 4) is 0 Å². The Hall–Kier alpha value is -1.32. The molecule has 0 amide bonds. The maximum absolute atomic E-state index is 10.7. The highest BCUT2D eigenvalue weighted by Gasteiger charge is 2.39. The molecular formula is C10H13NO3. The largest absolute Gasteiger partial charge is 0.475 e. The smallest absolute Gasteiger partial charge is 0.373 e. The van der Waals surface area contributed by atoms with Gasteiger partial charge in [-0.3, -0.25) is 0 Å². The molecule has 0 saturated heterocycles. The average Bonchev–Trinajstić information content (AvgIpc) is 2.43. The van der Waals surface area contributed by atoms with Crippen LogP contribution in [0.4, 0.5) is 0 Å². The van der Waals surface area contributed by atoms with Crippen LogP contribution in [0.5, 0.6) is 0 Å². The highest BCUT2D eigenvalue weighted by molar-refractivity contribution is 5.85. The third-order valence-corrected chi connectivity index (χ3v) is 2.96. The number of aromatic carboxylic acids is 1. The predicted octanol–water partition coefficient (Wildman–Crippen LogP) is 2.12. The number of aryl methyl sites for hydroxylation is 1. The second-order valence-corrected chi connectivity index (χ2v) is 4.15. The van der Waals surface area contributed by atoms with Gasteiger partial charge in [0.1, 0.15) is 0 Å². The summed E-state index contributed by atoms with van der Waals surface area (Å²) < 4.78 is 5.27. The average molecular weight is 195 g/mol. The van der Waals surface area contributed by atoms with Crippen LogP contribution in [0.3, 0.4) is 0 Å². The Bertz CT molecular complexity index is 377. The van der Waals surface area contributed by atoms with Crippen molar-refractivity contribution < 1.29 is 14.3 Å².